The smallest absolute Gasteiger partial charge is 0.408 e. The molecule has 0 unspecified atom stereocenters. The third kappa shape index (κ3) is 3.61. The highest BCUT2D eigenvalue weighted by Crippen LogP contribution is 2.26. The number of oxazole rings is 1. The topological polar surface area (TPSA) is 73.3 Å². The fourth-order valence-corrected chi connectivity index (χ4v) is 4.01. The van der Waals surface area contributed by atoms with E-state index in [1.807, 2.05) is 29.4 Å². The Kier molecular flexibility index (Phi) is 5.32. The van der Waals surface area contributed by atoms with E-state index in [-0.39, 0.29) is 18.4 Å². The van der Waals surface area contributed by atoms with E-state index in [1.54, 1.807) is 12.1 Å². The number of aryl methyl sites for hydroxylation is 1. The van der Waals surface area contributed by atoms with Crippen LogP contribution in [0.25, 0.3) is 11.1 Å². The highest BCUT2D eigenvalue weighted by Gasteiger charge is 2.28. The molecule has 4 rings (SSSR count). The average Bonchev–Trinajstić information content (AvgIpc) is 3.31. The number of nitrogens with zero attached hydrogens (tertiary/aromatic N) is 4. The van der Waals surface area contributed by atoms with Crippen molar-refractivity contribution in [1.29, 1.82) is 0 Å². The molecule has 0 N–H and O–H groups in total. The third-order valence-electron chi connectivity index (χ3n) is 5.51. The molecule has 1 saturated heterocycles. The third-order valence-corrected chi connectivity index (χ3v) is 5.51. The standard InChI is InChI=1S/C21H26N4O3/c1-2-3-11-23-13-10-22-20(23)16-7-6-12-24(14-16)19(26)15-25-17-8-4-5-9-18(17)28-21(25)27/h4-5,8-10,13,16H,2-3,6-7,11-12,14-15H2,1H3/t16-/m1/s1. The fraction of sp³-hybridized carbons (Fsp3) is 0.476. The van der Waals surface area contributed by atoms with Gasteiger partial charge in [-0.3, -0.25) is 9.36 Å². The van der Waals surface area contributed by atoms with Crippen LogP contribution >= 0.6 is 0 Å². The SMILES string of the molecule is CCCCn1ccnc1[C@@H]1CCCN(C(=O)Cn2c(=O)oc3ccccc32)C1. The largest absolute Gasteiger partial charge is 0.420 e. The maximum Gasteiger partial charge on any atom is 0.420 e. The van der Waals surface area contributed by atoms with Crippen molar-refractivity contribution in [2.75, 3.05) is 13.1 Å². The molecular weight excluding hydrogens is 356 g/mol. The Hall–Kier alpha value is -2.83. The molecule has 3 heterocycles. The lowest BCUT2D eigenvalue weighted by atomic mass is 9.97. The lowest BCUT2D eigenvalue weighted by Gasteiger charge is -2.32. The lowest BCUT2D eigenvalue weighted by molar-refractivity contribution is -0.133. The molecule has 7 nitrogen and oxygen atoms in total. The zero-order chi connectivity index (χ0) is 19.5. The molecule has 1 aromatic carbocycles. The summed E-state index contributed by atoms with van der Waals surface area (Å²) in [4.78, 5) is 31.5. The van der Waals surface area contributed by atoms with Gasteiger partial charge in [-0.15, -0.1) is 0 Å². The second-order valence-corrected chi connectivity index (χ2v) is 7.43. The number of amides is 1. The van der Waals surface area contributed by atoms with E-state index in [9.17, 15) is 9.59 Å². The van der Waals surface area contributed by atoms with E-state index < -0.39 is 5.76 Å². The summed E-state index contributed by atoms with van der Waals surface area (Å²) in [6.07, 6.45) is 8.11. The predicted octanol–water partition coefficient (Wildman–Crippen LogP) is 3.00. The van der Waals surface area contributed by atoms with E-state index in [0.717, 1.165) is 44.6 Å². The Bertz CT molecular complexity index is 1020. The summed E-state index contributed by atoms with van der Waals surface area (Å²) in [5.74, 6) is 0.766. The molecule has 1 fully saturated rings. The minimum Gasteiger partial charge on any atom is -0.408 e. The Balaban J connectivity index is 1.49. The Morgan fingerprint density at radius 1 is 1.32 bits per heavy atom. The van der Waals surface area contributed by atoms with Crippen molar-refractivity contribution in [3.8, 4) is 0 Å². The fourth-order valence-electron chi connectivity index (χ4n) is 4.01. The molecule has 0 aliphatic carbocycles. The minimum atomic E-state index is -0.488. The number of benzene rings is 1. The van der Waals surface area contributed by atoms with Crippen LogP contribution in [0.4, 0.5) is 0 Å². The van der Waals surface area contributed by atoms with Crippen LogP contribution in [0.5, 0.6) is 0 Å². The second-order valence-electron chi connectivity index (χ2n) is 7.43. The minimum absolute atomic E-state index is 0.00679. The number of fused-ring (bicyclic) bond motifs is 1. The molecule has 1 amide bonds. The molecule has 1 aliphatic heterocycles. The summed E-state index contributed by atoms with van der Waals surface area (Å²) in [5.41, 5.74) is 1.17. The van der Waals surface area contributed by atoms with Gasteiger partial charge in [0.25, 0.3) is 0 Å². The molecule has 0 saturated carbocycles. The lowest BCUT2D eigenvalue weighted by Crippen LogP contribution is -2.42. The number of likely N-dealkylation sites (tertiary alicyclic amines) is 1. The molecular formula is C21H26N4O3. The average molecular weight is 382 g/mol. The number of aromatic nitrogens is 3. The van der Waals surface area contributed by atoms with Gasteiger partial charge in [-0.05, 0) is 31.4 Å². The molecule has 1 aliphatic rings. The van der Waals surface area contributed by atoms with Crippen molar-refractivity contribution in [3.63, 3.8) is 0 Å². The van der Waals surface area contributed by atoms with E-state index in [4.69, 9.17) is 4.42 Å². The molecule has 0 radical (unpaired) electrons. The Labute approximate surface area is 163 Å². The van der Waals surface area contributed by atoms with E-state index in [1.165, 1.54) is 4.57 Å². The van der Waals surface area contributed by atoms with Crippen molar-refractivity contribution >= 4 is 17.0 Å². The number of para-hydroxylation sites is 2. The van der Waals surface area contributed by atoms with Crippen molar-refractivity contribution in [3.05, 3.63) is 53.0 Å². The highest BCUT2D eigenvalue weighted by atomic mass is 16.4. The van der Waals surface area contributed by atoms with Crippen LogP contribution in [-0.4, -0.2) is 38.0 Å². The summed E-state index contributed by atoms with van der Waals surface area (Å²) < 4.78 is 8.88. The predicted molar refractivity (Wildman–Crippen MR) is 106 cm³/mol. The molecule has 1 atom stereocenters. The van der Waals surface area contributed by atoms with Gasteiger partial charge < -0.3 is 13.9 Å². The first-order valence-corrected chi connectivity index (χ1v) is 10.0. The second kappa shape index (κ2) is 8.04. The molecule has 2 aromatic heterocycles. The number of unbranched alkanes of at least 4 members (excludes halogenated alkanes) is 1. The molecule has 7 heteroatoms. The summed E-state index contributed by atoms with van der Waals surface area (Å²) in [6, 6.07) is 7.19. The monoisotopic (exact) mass is 382 g/mol. The summed E-state index contributed by atoms with van der Waals surface area (Å²) in [7, 11) is 0. The van der Waals surface area contributed by atoms with Crippen LogP contribution in [-0.2, 0) is 17.9 Å². The quantitative estimate of drug-likeness (QED) is 0.657. The van der Waals surface area contributed by atoms with Gasteiger partial charge in [-0.2, -0.15) is 0 Å². The number of carbonyl (C=O) groups excluding carboxylic acids is 1. The zero-order valence-electron chi connectivity index (χ0n) is 16.2. The first kappa shape index (κ1) is 18.5. The number of rotatable bonds is 6. The summed E-state index contributed by atoms with van der Waals surface area (Å²) >= 11 is 0. The van der Waals surface area contributed by atoms with Crippen LogP contribution in [0.1, 0.15) is 44.3 Å². The van der Waals surface area contributed by atoms with Crippen molar-refractivity contribution in [1.82, 2.24) is 19.0 Å². The number of hydrogen-bond acceptors (Lipinski definition) is 4. The van der Waals surface area contributed by atoms with Gasteiger partial charge in [0.05, 0.1) is 5.52 Å². The van der Waals surface area contributed by atoms with Gasteiger partial charge in [0, 0.05) is 37.9 Å². The number of carbonyl (C=O) groups is 1. The zero-order valence-corrected chi connectivity index (χ0v) is 16.2. The van der Waals surface area contributed by atoms with Gasteiger partial charge in [0.2, 0.25) is 5.91 Å². The van der Waals surface area contributed by atoms with E-state index in [2.05, 4.69) is 16.5 Å². The first-order valence-electron chi connectivity index (χ1n) is 10.0. The van der Waals surface area contributed by atoms with Crippen LogP contribution in [0.15, 0.2) is 45.9 Å². The maximum atomic E-state index is 12.9. The Morgan fingerprint density at radius 2 is 2.18 bits per heavy atom. The molecule has 0 bridgehead atoms. The normalized spacial score (nSPS) is 17.3. The van der Waals surface area contributed by atoms with Crippen LogP contribution in [0.3, 0.4) is 0 Å². The molecule has 28 heavy (non-hydrogen) atoms. The Morgan fingerprint density at radius 3 is 3.04 bits per heavy atom. The van der Waals surface area contributed by atoms with Gasteiger partial charge in [0.1, 0.15) is 12.4 Å². The molecule has 0 spiro atoms. The van der Waals surface area contributed by atoms with Crippen molar-refractivity contribution in [2.24, 2.45) is 0 Å². The number of imidazole rings is 1. The molecule has 3 aromatic rings. The van der Waals surface area contributed by atoms with Crippen LogP contribution in [0.2, 0.25) is 0 Å². The van der Waals surface area contributed by atoms with Crippen LogP contribution in [0, 0.1) is 0 Å². The van der Waals surface area contributed by atoms with Crippen LogP contribution < -0.4 is 5.76 Å². The first-order chi connectivity index (χ1) is 13.7. The maximum absolute atomic E-state index is 12.9. The summed E-state index contributed by atoms with van der Waals surface area (Å²) in [5, 5.41) is 0. The highest BCUT2D eigenvalue weighted by molar-refractivity contribution is 5.79. The summed E-state index contributed by atoms with van der Waals surface area (Å²) in [6.45, 7) is 4.51. The van der Waals surface area contributed by atoms with E-state index in [0.29, 0.717) is 17.6 Å². The van der Waals surface area contributed by atoms with Crippen molar-refractivity contribution < 1.29 is 9.21 Å². The number of hydrogen-bond donors (Lipinski definition) is 0. The van der Waals surface area contributed by atoms with Crippen molar-refractivity contribution in [2.45, 2.75) is 51.6 Å². The van der Waals surface area contributed by atoms with Gasteiger partial charge in [-0.1, -0.05) is 25.5 Å². The van der Waals surface area contributed by atoms with Gasteiger partial charge in [0.15, 0.2) is 5.58 Å². The van der Waals surface area contributed by atoms with E-state index >= 15 is 0 Å². The van der Waals surface area contributed by atoms with Gasteiger partial charge in [-0.25, -0.2) is 9.78 Å². The number of piperidine rings is 1. The molecule has 148 valence electrons. The van der Waals surface area contributed by atoms with Gasteiger partial charge >= 0.3 is 5.76 Å².